The lowest BCUT2D eigenvalue weighted by Crippen LogP contribution is -2.61. The van der Waals surface area contributed by atoms with Crippen molar-refractivity contribution >= 4 is 23.7 Å². The summed E-state index contributed by atoms with van der Waals surface area (Å²) in [5.74, 6) is -1.43. The van der Waals surface area contributed by atoms with Crippen LogP contribution in [0.2, 0.25) is 0 Å². The van der Waals surface area contributed by atoms with Crippen LogP contribution in [-0.4, -0.2) is 35.2 Å². The highest BCUT2D eigenvalue weighted by Gasteiger charge is 2.46. The van der Waals surface area contributed by atoms with Crippen molar-refractivity contribution in [3.8, 4) is 11.1 Å². The summed E-state index contributed by atoms with van der Waals surface area (Å²) < 4.78 is 5.62. The molecule has 34 heavy (non-hydrogen) atoms. The molecule has 3 aromatic rings. The van der Waals surface area contributed by atoms with Crippen molar-refractivity contribution in [3.05, 3.63) is 89.5 Å². The van der Waals surface area contributed by atoms with Gasteiger partial charge in [0.2, 0.25) is 5.91 Å². The minimum atomic E-state index is -1.04. The van der Waals surface area contributed by atoms with E-state index in [-0.39, 0.29) is 24.0 Å². The second-order valence-corrected chi connectivity index (χ2v) is 8.72. The Morgan fingerprint density at radius 3 is 2.00 bits per heavy atom. The number of rotatable bonds is 6. The van der Waals surface area contributed by atoms with Crippen LogP contribution in [0.3, 0.4) is 0 Å². The third kappa shape index (κ3) is 3.90. The number of anilines is 1. The Hall–Kier alpha value is -4.13. The lowest BCUT2D eigenvalue weighted by Gasteiger charge is -2.40. The Balaban J connectivity index is 1.24. The molecule has 0 radical (unpaired) electrons. The van der Waals surface area contributed by atoms with Crippen molar-refractivity contribution in [2.24, 2.45) is 0 Å². The number of amides is 2. The van der Waals surface area contributed by atoms with Crippen LogP contribution in [0.4, 0.5) is 10.5 Å². The first-order valence-electron chi connectivity index (χ1n) is 11.2. The molecule has 1 saturated carbocycles. The van der Waals surface area contributed by atoms with E-state index in [2.05, 4.69) is 34.9 Å². The maximum Gasteiger partial charge on any atom is 0.408 e. The molecular weight excluding hydrogens is 432 g/mol. The zero-order valence-corrected chi connectivity index (χ0v) is 18.4. The lowest BCUT2D eigenvalue weighted by atomic mass is 9.76. The van der Waals surface area contributed by atoms with Gasteiger partial charge in [-0.2, -0.15) is 0 Å². The Morgan fingerprint density at radius 1 is 0.882 bits per heavy atom. The topological polar surface area (TPSA) is 105 Å². The number of hydrogen-bond donors (Lipinski definition) is 3. The molecule has 0 unspecified atom stereocenters. The molecule has 0 saturated heterocycles. The molecule has 2 amide bonds. The van der Waals surface area contributed by atoms with Gasteiger partial charge in [0.25, 0.3) is 0 Å². The SMILES string of the molecule is O=C(NC1(C(=O)Nc2ccc(C(=O)O)cc2)CCC1)OCC1c2ccccc2-c2ccccc21. The van der Waals surface area contributed by atoms with Crippen LogP contribution in [0.25, 0.3) is 11.1 Å². The molecule has 0 bridgehead atoms. The summed E-state index contributed by atoms with van der Waals surface area (Å²) in [7, 11) is 0. The fourth-order valence-electron chi connectivity index (χ4n) is 4.72. The van der Waals surface area contributed by atoms with Crippen molar-refractivity contribution < 1.29 is 24.2 Å². The second-order valence-electron chi connectivity index (χ2n) is 8.72. The Morgan fingerprint density at radius 2 is 1.47 bits per heavy atom. The predicted octanol–water partition coefficient (Wildman–Crippen LogP) is 4.78. The third-order valence-electron chi connectivity index (χ3n) is 6.72. The summed E-state index contributed by atoms with van der Waals surface area (Å²) >= 11 is 0. The molecule has 7 nitrogen and oxygen atoms in total. The number of fused-ring (bicyclic) bond motifs is 3. The average Bonchev–Trinajstić information content (AvgIpc) is 3.14. The van der Waals surface area contributed by atoms with E-state index in [9.17, 15) is 14.4 Å². The smallest absolute Gasteiger partial charge is 0.408 e. The quantitative estimate of drug-likeness (QED) is 0.495. The molecule has 172 valence electrons. The number of ether oxygens (including phenoxy) is 1. The minimum absolute atomic E-state index is 0.0583. The summed E-state index contributed by atoms with van der Waals surface area (Å²) in [6.07, 6.45) is 1.21. The van der Waals surface area contributed by atoms with Gasteiger partial charge in [-0.3, -0.25) is 4.79 Å². The molecule has 0 heterocycles. The van der Waals surface area contributed by atoms with E-state index >= 15 is 0 Å². The summed E-state index contributed by atoms with van der Waals surface area (Å²) in [6, 6.07) is 22.1. The van der Waals surface area contributed by atoms with E-state index in [0.29, 0.717) is 18.5 Å². The zero-order chi connectivity index (χ0) is 23.7. The first-order valence-corrected chi connectivity index (χ1v) is 11.2. The number of carboxylic acids is 1. The van der Waals surface area contributed by atoms with Gasteiger partial charge in [-0.15, -0.1) is 0 Å². The maximum absolute atomic E-state index is 13.0. The van der Waals surface area contributed by atoms with Gasteiger partial charge in [0.1, 0.15) is 12.1 Å². The zero-order valence-electron chi connectivity index (χ0n) is 18.4. The summed E-state index contributed by atoms with van der Waals surface area (Å²) in [6.45, 7) is 0.175. The number of carbonyl (C=O) groups is 3. The van der Waals surface area contributed by atoms with Crippen LogP contribution in [0.15, 0.2) is 72.8 Å². The molecule has 0 aliphatic heterocycles. The Bertz CT molecular complexity index is 1220. The predicted molar refractivity (Wildman–Crippen MR) is 127 cm³/mol. The van der Waals surface area contributed by atoms with Gasteiger partial charge in [-0.25, -0.2) is 9.59 Å². The molecule has 2 aliphatic rings. The molecule has 0 atom stereocenters. The first kappa shape index (κ1) is 21.7. The first-order chi connectivity index (χ1) is 16.5. The number of benzene rings is 3. The number of alkyl carbamates (subject to hydrolysis) is 1. The molecule has 0 aromatic heterocycles. The molecule has 2 aliphatic carbocycles. The Kier molecular flexibility index (Phi) is 5.53. The highest BCUT2D eigenvalue weighted by molar-refractivity contribution is 6.01. The van der Waals surface area contributed by atoms with Gasteiger partial charge in [0, 0.05) is 11.6 Å². The fourth-order valence-corrected chi connectivity index (χ4v) is 4.72. The average molecular weight is 456 g/mol. The lowest BCUT2D eigenvalue weighted by molar-refractivity contribution is -0.125. The van der Waals surface area contributed by atoms with Crippen molar-refractivity contribution in [3.63, 3.8) is 0 Å². The van der Waals surface area contributed by atoms with Crippen LogP contribution >= 0.6 is 0 Å². The number of nitrogens with one attached hydrogen (secondary N) is 2. The van der Waals surface area contributed by atoms with Gasteiger partial charge in [-0.1, -0.05) is 48.5 Å². The van der Waals surface area contributed by atoms with Crippen molar-refractivity contribution in [1.29, 1.82) is 0 Å². The largest absolute Gasteiger partial charge is 0.478 e. The van der Waals surface area contributed by atoms with Gasteiger partial charge in [0.15, 0.2) is 0 Å². The summed E-state index contributed by atoms with van der Waals surface area (Å²) in [5.41, 5.74) is 4.11. The molecule has 0 spiro atoms. The van der Waals surface area contributed by atoms with Crippen LogP contribution in [-0.2, 0) is 9.53 Å². The number of carboxylic acid groups (broad SMARTS) is 1. The second kappa shape index (κ2) is 8.67. The number of aromatic carboxylic acids is 1. The highest BCUT2D eigenvalue weighted by atomic mass is 16.5. The van der Waals surface area contributed by atoms with Crippen molar-refractivity contribution in [1.82, 2.24) is 5.32 Å². The molecule has 3 aromatic carbocycles. The van der Waals surface area contributed by atoms with E-state index in [1.165, 1.54) is 24.3 Å². The van der Waals surface area contributed by atoms with Crippen LogP contribution < -0.4 is 10.6 Å². The van der Waals surface area contributed by atoms with Gasteiger partial charge < -0.3 is 20.5 Å². The standard InChI is InChI=1S/C27H24N2O5/c30-24(31)17-10-12-18(13-11-17)28-25(32)27(14-5-15-27)29-26(33)34-16-23-21-8-3-1-6-19(21)20-7-2-4-9-22(20)23/h1-4,6-13,23H,5,14-16H2,(H,28,32)(H,29,33)(H,30,31). The van der Waals surface area contributed by atoms with E-state index in [1.54, 1.807) is 0 Å². The number of hydrogen-bond acceptors (Lipinski definition) is 4. The van der Waals surface area contributed by atoms with E-state index in [0.717, 1.165) is 28.7 Å². The van der Waals surface area contributed by atoms with Crippen molar-refractivity contribution in [2.45, 2.75) is 30.7 Å². The number of carbonyl (C=O) groups excluding carboxylic acids is 2. The molecule has 7 heteroatoms. The molecule has 3 N–H and O–H groups in total. The van der Waals surface area contributed by atoms with E-state index < -0.39 is 17.6 Å². The monoisotopic (exact) mass is 456 g/mol. The minimum Gasteiger partial charge on any atom is -0.478 e. The molecular formula is C27H24N2O5. The Labute approximate surface area is 196 Å². The van der Waals surface area contributed by atoms with E-state index in [1.807, 2.05) is 24.3 Å². The van der Waals surface area contributed by atoms with Gasteiger partial charge in [0.05, 0.1) is 5.56 Å². The van der Waals surface area contributed by atoms with Crippen LogP contribution in [0.5, 0.6) is 0 Å². The van der Waals surface area contributed by atoms with Crippen LogP contribution in [0, 0.1) is 0 Å². The summed E-state index contributed by atoms with van der Waals surface area (Å²) in [4.78, 5) is 36.7. The van der Waals surface area contributed by atoms with Crippen LogP contribution in [0.1, 0.15) is 46.7 Å². The third-order valence-corrected chi connectivity index (χ3v) is 6.72. The van der Waals surface area contributed by atoms with Crippen molar-refractivity contribution in [2.75, 3.05) is 11.9 Å². The highest BCUT2D eigenvalue weighted by Crippen LogP contribution is 2.44. The van der Waals surface area contributed by atoms with Gasteiger partial charge in [-0.05, 0) is 65.8 Å². The molecule has 1 fully saturated rings. The van der Waals surface area contributed by atoms with Gasteiger partial charge >= 0.3 is 12.1 Å². The fraction of sp³-hybridized carbons (Fsp3) is 0.222. The molecule has 5 rings (SSSR count). The van der Waals surface area contributed by atoms with E-state index in [4.69, 9.17) is 9.84 Å². The maximum atomic E-state index is 13.0. The normalized spacial score (nSPS) is 15.4. The summed E-state index contributed by atoms with van der Waals surface area (Å²) in [5, 5.41) is 14.6.